The van der Waals surface area contributed by atoms with Crippen LogP contribution in [-0.2, 0) is 0 Å². The van der Waals surface area contributed by atoms with Crippen LogP contribution in [0.3, 0.4) is 0 Å². The van der Waals surface area contributed by atoms with E-state index in [0.29, 0.717) is 11.9 Å². The molecule has 4 rings (SSSR count). The lowest BCUT2D eigenvalue weighted by Crippen LogP contribution is -2.02. The van der Waals surface area contributed by atoms with Crippen LogP contribution in [0.25, 0.3) is 16.6 Å². The fraction of sp³-hybridized carbons (Fsp3) is 0.188. The summed E-state index contributed by atoms with van der Waals surface area (Å²) in [4.78, 5) is 17.8. The van der Waals surface area contributed by atoms with Gasteiger partial charge in [-0.3, -0.25) is 5.32 Å². The second-order valence-corrected chi connectivity index (χ2v) is 5.45. The highest BCUT2D eigenvalue weighted by Gasteiger charge is 2.12. The summed E-state index contributed by atoms with van der Waals surface area (Å²) in [7, 11) is 0. The number of rotatable bonds is 2. The van der Waals surface area contributed by atoms with Gasteiger partial charge < -0.3 is 0 Å². The molecule has 4 aromatic rings. The lowest BCUT2D eigenvalue weighted by Gasteiger charge is -2.02. The second-order valence-electron chi connectivity index (χ2n) is 5.45. The Morgan fingerprint density at radius 3 is 2.39 bits per heavy atom. The number of benzene rings is 1. The van der Waals surface area contributed by atoms with Gasteiger partial charge in [-0.1, -0.05) is 12.1 Å². The summed E-state index contributed by atoms with van der Waals surface area (Å²) >= 11 is 0. The van der Waals surface area contributed by atoms with Crippen LogP contribution < -0.4 is 5.32 Å². The molecule has 7 nitrogen and oxygen atoms in total. The van der Waals surface area contributed by atoms with Gasteiger partial charge in [-0.25, -0.2) is 15.0 Å². The lowest BCUT2D eigenvalue weighted by molar-refractivity contribution is 0.878. The first-order valence-electron chi connectivity index (χ1n) is 7.31. The van der Waals surface area contributed by atoms with Gasteiger partial charge in [0.1, 0.15) is 5.82 Å². The van der Waals surface area contributed by atoms with Crippen LogP contribution in [0.15, 0.2) is 30.3 Å². The molecule has 0 radical (unpaired) electrons. The molecule has 3 aromatic heterocycles. The lowest BCUT2D eigenvalue weighted by atomic mass is 10.2. The van der Waals surface area contributed by atoms with E-state index in [4.69, 9.17) is 0 Å². The average Bonchev–Trinajstić information content (AvgIpc) is 2.91. The van der Waals surface area contributed by atoms with Gasteiger partial charge in [-0.15, -0.1) is 5.10 Å². The van der Waals surface area contributed by atoms with Crippen molar-refractivity contribution < 1.29 is 0 Å². The highest BCUT2D eigenvalue weighted by molar-refractivity contribution is 5.91. The van der Waals surface area contributed by atoms with Crippen LogP contribution in [0, 0.1) is 20.8 Å². The minimum absolute atomic E-state index is 0.455. The van der Waals surface area contributed by atoms with Gasteiger partial charge >= 0.3 is 0 Å². The van der Waals surface area contributed by atoms with Crippen LogP contribution >= 0.6 is 0 Å². The van der Waals surface area contributed by atoms with Crippen molar-refractivity contribution in [1.29, 1.82) is 0 Å². The number of aryl methyl sites for hydroxylation is 3. The molecule has 0 aliphatic rings. The van der Waals surface area contributed by atoms with Crippen LogP contribution in [0.1, 0.15) is 17.2 Å². The largest absolute Gasteiger partial charge is 0.291 e. The molecule has 0 saturated carbocycles. The molecule has 0 bridgehead atoms. The smallest absolute Gasteiger partial charge is 0.249 e. The third-order valence-electron chi connectivity index (χ3n) is 3.55. The molecule has 1 N–H and O–H groups in total. The Labute approximate surface area is 132 Å². The third-order valence-corrected chi connectivity index (χ3v) is 3.55. The average molecular weight is 305 g/mol. The molecular formula is C16H15N7. The van der Waals surface area contributed by atoms with E-state index in [2.05, 4.69) is 30.4 Å². The molecule has 0 unspecified atom stereocenters. The molecule has 114 valence electrons. The van der Waals surface area contributed by atoms with Gasteiger partial charge in [-0.05, 0) is 39.0 Å². The molecule has 0 amide bonds. The predicted molar refractivity (Wildman–Crippen MR) is 87.8 cm³/mol. The van der Waals surface area contributed by atoms with Gasteiger partial charge in [-0.2, -0.15) is 9.50 Å². The molecule has 23 heavy (non-hydrogen) atoms. The quantitative estimate of drug-likeness (QED) is 0.613. The van der Waals surface area contributed by atoms with Gasteiger partial charge in [0.2, 0.25) is 11.9 Å². The van der Waals surface area contributed by atoms with Crippen LogP contribution in [0.5, 0.6) is 0 Å². The zero-order chi connectivity index (χ0) is 16.0. The number of fused-ring (bicyclic) bond motifs is 3. The highest BCUT2D eigenvalue weighted by atomic mass is 15.4. The van der Waals surface area contributed by atoms with E-state index in [1.165, 1.54) is 0 Å². The van der Waals surface area contributed by atoms with Crippen molar-refractivity contribution >= 4 is 28.4 Å². The topological polar surface area (TPSA) is 80.9 Å². The summed E-state index contributed by atoms with van der Waals surface area (Å²) in [6.45, 7) is 5.77. The molecule has 0 spiro atoms. The SMILES string of the molecule is Cc1cc(C)nc(Nc2nc3c4ccccc4nc(C)n3n2)n1. The van der Waals surface area contributed by atoms with E-state index >= 15 is 0 Å². The number of para-hydroxylation sites is 1. The molecule has 3 heterocycles. The summed E-state index contributed by atoms with van der Waals surface area (Å²) in [5, 5.41) is 8.50. The predicted octanol–water partition coefficient (Wildman–Crippen LogP) is 2.74. The molecule has 0 aliphatic carbocycles. The Morgan fingerprint density at radius 1 is 0.870 bits per heavy atom. The standard InChI is InChI=1S/C16H15N7/c1-9-8-10(2)18-15(17-9)21-16-20-14-12-6-4-5-7-13(12)19-11(3)23(14)22-16/h4-8H,1-3H3,(H,17,18,21,22). The van der Waals surface area contributed by atoms with E-state index in [-0.39, 0.29) is 0 Å². The first-order chi connectivity index (χ1) is 11.1. The van der Waals surface area contributed by atoms with Crippen molar-refractivity contribution in [2.45, 2.75) is 20.8 Å². The summed E-state index contributed by atoms with van der Waals surface area (Å²) < 4.78 is 1.73. The minimum Gasteiger partial charge on any atom is -0.291 e. The molecule has 1 aromatic carbocycles. The van der Waals surface area contributed by atoms with Crippen molar-refractivity contribution in [2.75, 3.05) is 5.32 Å². The van der Waals surface area contributed by atoms with Crippen molar-refractivity contribution in [3.05, 3.63) is 47.5 Å². The third kappa shape index (κ3) is 2.36. The Hall–Kier alpha value is -3.09. The molecule has 7 heteroatoms. The monoisotopic (exact) mass is 305 g/mol. The zero-order valence-corrected chi connectivity index (χ0v) is 13.1. The van der Waals surface area contributed by atoms with Gasteiger partial charge in [0.15, 0.2) is 5.65 Å². The Morgan fingerprint density at radius 2 is 1.61 bits per heavy atom. The van der Waals surface area contributed by atoms with Crippen molar-refractivity contribution in [3.63, 3.8) is 0 Å². The molecule has 0 atom stereocenters. The van der Waals surface area contributed by atoms with Crippen molar-refractivity contribution in [3.8, 4) is 0 Å². The van der Waals surface area contributed by atoms with Crippen LogP contribution in [-0.4, -0.2) is 29.5 Å². The first kappa shape index (κ1) is 13.6. The number of anilines is 2. The maximum absolute atomic E-state index is 4.58. The van der Waals surface area contributed by atoms with E-state index in [1.54, 1.807) is 4.52 Å². The van der Waals surface area contributed by atoms with E-state index < -0.39 is 0 Å². The number of aromatic nitrogens is 6. The zero-order valence-electron chi connectivity index (χ0n) is 13.1. The van der Waals surface area contributed by atoms with Gasteiger partial charge in [0, 0.05) is 16.8 Å². The molecule has 0 saturated heterocycles. The van der Waals surface area contributed by atoms with Gasteiger partial charge in [0.25, 0.3) is 0 Å². The van der Waals surface area contributed by atoms with E-state index in [0.717, 1.165) is 33.8 Å². The Kier molecular flexibility index (Phi) is 2.94. The van der Waals surface area contributed by atoms with Crippen molar-refractivity contribution in [2.24, 2.45) is 0 Å². The number of nitrogens with zero attached hydrogens (tertiary/aromatic N) is 6. The molecule has 0 aliphatic heterocycles. The van der Waals surface area contributed by atoms with Crippen molar-refractivity contribution in [1.82, 2.24) is 29.5 Å². The fourth-order valence-electron chi connectivity index (χ4n) is 2.63. The number of nitrogens with one attached hydrogen (secondary N) is 1. The van der Waals surface area contributed by atoms with Crippen LogP contribution in [0.4, 0.5) is 11.9 Å². The molecule has 0 fully saturated rings. The summed E-state index contributed by atoms with van der Waals surface area (Å²) in [5.41, 5.74) is 3.46. The number of hydrogen-bond donors (Lipinski definition) is 1. The minimum atomic E-state index is 0.455. The number of hydrogen-bond acceptors (Lipinski definition) is 6. The summed E-state index contributed by atoms with van der Waals surface area (Å²) in [5.74, 6) is 1.73. The summed E-state index contributed by atoms with van der Waals surface area (Å²) in [6.07, 6.45) is 0. The Bertz CT molecular complexity index is 1020. The van der Waals surface area contributed by atoms with Gasteiger partial charge in [0.05, 0.1) is 5.52 Å². The molecular weight excluding hydrogens is 290 g/mol. The normalized spacial score (nSPS) is 11.3. The van der Waals surface area contributed by atoms with Crippen LogP contribution in [0.2, 0.25) is 0 Å². The maximum Gasteiger partial charge on any atom is 0.249 e. The second kappa shape index (κ2) is 4.98. The maximum atomic E-state index is 4.58. The van der Waals surface area contributed by atoms with E-state index in [1.807, 2.05) is 51.1 Å². The highest BCUT2D eigenvalue weighted by Crippen LogP contribution is 2.20. The first-order valence-corrected chi connectivity index (χ1v) is 7.31. The van der Waals surface area contributed by atoms with E-state index in [9.17, 15) is 0 Å². The summed E-state index contributed by atoms with van der Waals surface area (Å²) in [6, 6.07) is 9.81. The Balaban J connectivity index is 1.85. The fourth-order valence-corrected chi connectivity index (χ4v) is 2.63.